The maximum absolute atomic E-state index is 10.8. The van der Waals surface area contributed by atoms with Gasteiger partial charge in [-0.15, -0.1) is 0 Å². The van der Waals surface area contributed by atoms with E-state index in [9.17, 15) is 8.42 Å². The van der Waals surface area contributed by atoms with E-state index in [0.717, 1.165) is 32.5 Å². The van der Waals surface area contributed by atoms with Gasteiger partial charge in [-0.1, -0.05) is 6.92 Å². The molecule has 2 N–H and O–H groups in total. The van der Waals surface area contributed by atoms with Crippen molar-refractivity contribution in [3.8, 4) is 0 Å². The zero-order chi connectivity index (χ0) is 12.7. The van der Waals surface area contributed by atoms with Gasteiger partial charge in [0.15, 0.2) is 0 Å². The van der Waals surface area contributed by atoms with Gasteiger partial charge in [-0.05, 0) is 31.6 Å². The minimum atomic E-state index is -3.32. The Hall–Kier alpha value is -0.170. The van der Waals surface area contributed by atoms with Gasteiger partial charge in [0, 0.05) is 19.8 Å². The number of primary sulfonamides is 1. The molecule has 1 unspecified atom stereocenters. The van der Waals surface area contributed by atoms with Crippen molar-refractivity contribution in [3.63, 3.8) is 0 Å². The molecule has 0 spiro atoms. The number of hydrogen-bond donors (Lipinski definition) is 1. The Morgan fingerprint density at radius 1 is 1.35 bits per heavy atom. The second-order valence-corrected chi connectivity index (χ2v) is 6.47. The fourth-order valence-electron chi connectivity index (χ4n) is 1.79. The summed E-state index contributed by atoms with van der Waals surface area (Å²) in [6.07, 6.45) is 3.73. The van der Waals surface area contributed by atoms with E-state index in [4.69, 9.17) is 14.6 Å². The van der Waals surface area contributed by atoms with Crippen LogP contribution in [0.2, 0.25) is 0 Å². The predicted octanol–water partition coefficient (Wildman–Crippen LogP) is 0.887. The number of sulfonamides is 1. The van der Waals surface area contributed by atoms with E-state index in [2.05, 4.69) is 0 Å². The third-order valence-electron chi connectivity index (χ3n) is 3.03. The second-order valence-electron chi connectivity index (χ2n) is 4.73. The van der Waals surface area contributed by atoms with Gasteiger partial charge in [-0.25, -0.2) is 13.6 Å². The van der Waals surface area contributed by atoms with E-state index in [1.807, 2.05) is 6.92 Å². The van der Waals surface area contributed by atoms with Crippen LogP contribution >= 0.6 is 0 Å². The van der Waals surface area contributed by atoms with Gasteiger partial charge in [0.1, 0.15) is 0 Å². The summed E-state index contributed by atoms with van der Waals surface area (Å²) in [5.74, 6) is 0.388. The van der Waals surface area contributed by atoms with Crippen molar-refractivity contribution in [1.82, 2.24) is 0 Å². The van der Waals surface area contributed by atoms with Crippen LogP contribution in [0.1, 0.15) is 32.6 Å². The van der Waals surface area contributed by atoms with Crippen LogP contribution in [0.25, 0.3) is 0 Å². The van der Waals surface area contributed by atoms with E-state index in [1.54, 1.807) is 0 Å². The number of hydrogen-bond acceptors (Lipinski definition) is 4. The lowest BCUT2D eigenvalue weighted by molar-refractivity contribution is -0.0347. The smallest absolute Gasteiger partial charge is 0.209 e. The Morgan fingerprint density at radius 3 is 2.59 bits per heavy atom. The maximum Gasteiger partial charge on any atom is 0.209 e. The molecule has 0 saturated carbocycles. The van der Waals surface area contributed by atoms with E-state index < -0.39 is 10.0 Å². The Kier molecular flexibility index (Phi) is 6.40. The van der Waals surface area contributed by atoms with Gasteiger partial charge >= 0.3 is 0 Å². The van der Waals surface area contributed by atoms with Crippen LogP contribution in [-0.4, -0.2) is 40.1 Å². The lowest BCUT2D eigenvalue weighted by Gasteiger charge is -2.23. The van der Waals surface area contributed by atoms with Gasteiger partial charge < -0.3 is 9.47 Å². The largest absolute Gasteiger partial charge is 0.381 e. The second kappa shape index (κ2) is 7.31. The van der Waals surface area contributed by atoms with Crippen LogP contribution in [0.15, 0.2) is 0 Å². The first kappa shape index (κ1) is 14.9. The third-order valence-corrected chi connectivity index (χ3v) is 3.83. The summed E-state index contributed by atoms with van der Waals surface area (Å²) in [6, 6.07) is 0. The van der Waals surface area contributed by atoms with Crippen LogP contribution in [-0.2, 0) is 19.5 Å². The molecule has 1 atom stereocenters. The molecule has 1 fully saturated rings. The number of ether oxygens (including phenoxy) is 2. The van der Waals surface area contributed by atoms with Crippen LogP contribution in [0.5, 0.6) is 0 Å². The average Bonchev–Trinajstić information content (AvgIpc) is 2.27. The van der Waals surface area contributed by atoms with Gasteiger partial charge in [-0.2, -0.15) is 0 Å². The predicted molar refractivity (Wildman–Crippen MR) is 66.2 cm³/mol. The quantitative estimate of drug-likeness (QED) is 0.741. The lowest BCUT2D eigenvalue weighted by atomic mass is 10.1. The van der Waals surface area contributed by atoms with Crippen LogP contribution in [0, 0.1) is 5.92 Å². The molecule has 1 aliphatic heterocycles. The molecule has 0 radical (unpaired) electrons. The lowest BCUT2D eigenvalue weighted by Crippen LogP contribution is -2.24. The molecule has 0 aromatic rings. The number of nitrogens with two attached hydrogens (primary N) is 1. The van der Waals surface area contributed by atoms with E-state index in [-0.39, 0.29) is 5.75 Å². The molecule has 0 amide bonds. The summed E-state index contributed by atoms with van der Waals surface area (Å²) in [6.45, 7) is 4.28. The molecule has 17 heavy (non-hydrogen) atoms. The topological polar surface area (TPSA) is 78.6 Å². The van der Waals surface area contributed by atoms with Crippen LogP contribution < -0.4 is 5.14 Å². The number of rotatable bonds is 7. The molecule has 0 aromatic carbocycles. The van der Waals surface area contributed by atoms with E-state index in [0.29, 0.717) is 25.0 Å². The molecular formula is C11H23NO4S. The van der Waals surface area contributed by atoms with Crippen molar-refractivity contribution in [2.75, 3.05) is 25.6 Å². The van der Waals surface area contributed by atoms with Gasteiger partial charge in [0.05, 0.1) is 11.9 Å². The minimum Gasteiger partial charge on any atom is -0.381 e. The summed E-state index contributed by atoms with van der Waals surface area (Å²) in [5.41, 5.74) is 0. The highest BCUT2D eigenvalue weighted by molar-refractivity contribution is 7.89. The van der Waals surface area contributed by atoms with E-state index in [1.165, 1.54) is 0 Å². The summed E-state index contributed by atoms with van der Waals surface area (Å²) < 4.78 is 32.5. The van der Waals surface area contributed by atoms with Gasteiger partial charge in [-0.3, -0.25) is 0 Å². The zero-order valence-corrected chi connectivity index (χ0v) is 11.2. The van der Waals surface area contributed by atoms with Gasteiger partial charge in [0.2, 0.25) is 10.0 Å². The highest BCUT2D eigenvalue weighted by Crippen LogP contribution is 2.13. The highest BCUT2D eigenvalue weighted by atomic mass is 32.2. The summed E-state index contributed by atoms with van der Waals surface area (Å²) >= 11 is 0. The molecule has 0 aliphatic carbocycles. The van der Waals surface area contributed by atoms with Crippen molar-refractivity contribution in [2.45, 2.75) is 38.7 Å². The summed E-state index contributed by atoms with van der Waals surface area (Å²) in [4.78, 5) is 0. The molecule has 6 heteroatoms. The van der Waals surface area contributed by atoms with Crippen LogP contribution in [0.4, 0.5) is 0 Å². The fourth-order valence-corrected chi connectivity index (χ4v) is 2.52. The molecular weight excluding hydrogens is 242 g/mol. The summed E-state index contributed by atoms with van der Waals surface area (Å²) in [5, 5.41) is 4.96. The van der Waals surface area contributed by atoms with Crippen molar-refractivity contribution in [3.05, 3.63) is 0 Å². The monoisotopic (exact) mass is 265 g/mol. The fraction of sp³-hybridized carbons (Fsp3) is 1.00. The Labute approximate surface area is 104 Å². The normalized spacial score (nSPS) is 20.4. The molecule has 1 rings (SSSR count). The highest BCUT2D eigenvalue weighted by Gasteiger charge is 2.14. The van der Waals surface area contributed by atoms with Crippen LogP contribution in [0.3, 0.4) is 0 Å². The first-order valence-electron chi connectivity index (χ1n) is 6.17. The maximum atomic E-state index is 10.8. The Morgan fingerprint density at radius 2 is 2.00 bits per heavy atom. The Balaban J connectivity index is 2.05. The molecule has 5 nitrogen and oxygen atoms in total. The SMILES string of the molecule is CC(CCOC1CCOCC1)CCS(N)(=O)=O. The first-order chi connectivity index (χ1) is 7.97. The van der Waals surface area contributed by atoms with Crippen molar-refractivity contribution in [1.29, 1.82) is 0 Å². The molecule has 0 bridgehead atoms. The Bertz CT molecular complexity index is 299. The molecule has 1 heterocycles. The molecule has 1 aliphatic rings. The molecule has 102 valence electrons. The average molecular weight is 265 g/mol. The molecule has 1 saturated heterocycles. The summed E-state index contributed by atoms with van der Waals surface area (Å²) in [7, 11) is -3.32. The van der Waals surface area contributed by atoms with Crippen molar-refractivity contribution >= 4 is 10.0 Å². The standard InChI is InChI=1S/C11H23NO4S/c1-10(5-9-17(12,13)14)2-8-16-11-3-6-15-7-4-11/h10-11H,2-9H2,1H3,(H2,12,13,14). The van der Waals surface area contributed by atoms with Crippen molar-refractivity contribution in [2.24, 2.45) is 11.1 Å². The zero-order valence-electron chi connectivity index (χ0n) is 10.4. The third kappa shape index (κ3) is 7.70. The molecule has 0 aromatic heterocycles. The van der Waals surface area contributed by atoms with Crippen molar-refractivity contribution < 1.29 is 17.9 Å². The first-order valence-corrected chi connectivity index (χ1v) is 7.89. The van der Waals surface area contributed by atoms with Gasteiger partial charge in [0.25, 0.3) is 0 Å². The van der Waals surface area contributed by atoms with E-state index >= 15 is 0 Å². The minimum absolute atomic E-state index is 0.0609.